The number of carbonyl (C=O) groups excluding carboxylic acids is 2. The van der Waals surface area contributed by atoms with Crippen molar-refractivity contribution in [2.75, 3.05) is 13.1 Å². The fraction of sp³-hybridized carbons (Fsp3) is 0.467. The summed E-state index contributed by atoms with van der Waals surface area (Å²) in [5.41, 5.74) is 1.05. The molecular formula is C15H22ClN3O2. The van der Waals surface area contributed by atoms with Gasteiger partial charge >= 0.3 is 0 Å². The molecule has 3 N–H and O–H groups in total. The molecule has 6 heteroatoms. The van der Waals surface area contributed by atoms with Gasteiger partial charge < -0.3 is 16.0 Å². The lowest BCUT2D eigenvalue weighted by Gasteiger charge is -2.16. The number of amides is 2. The molecular weight excluding hydrogens is 290 g/mol. The van der Waals surface area contributed by atoms with Crippen LogP contribution in [-0.2, 0) is 9.59 Å². The maximum Gasteiger partial charge on any atom is 0.242 e. The van der Waals surface area contributed by atoms with Gasteiger partial charge in [0.15, 0.2) is 0 Å². The summed E-state index contributed by atoms with van der Waals surface area (Å²) in [5.74, 6) is -0.397. The van der Waals surface area contributed by atoms with Crippen LogP contribution in [0.1, 0.15) is 32.4 Å². The SMILES string of the molecule is CCNC(=O)[C@@H](C)NC(=O)CN[C@@H](C)c1ccc(Cl)cc1. The molecule has 0 unspecified atom stereocenters. The van der Waals surface area contributed by atoms with Crippen molar-refractivity contribution in [2.24, 2.45) is 0 Å². The van der Waals surface area contributed by atoms with Crippen molar-refractivity contribution < 1.29 is 9.59 Å². The first-order valence-corrected chi connectivity index (χ1v) is 7.37. The van der Waals surface area contributed by atoms with Crippen LogP contribution in [-0.4, -0.2) is 30.9 Å². The van der Waals surface area contributed by atoms with Gasteiger partial charge in [0.2, 0.25) is 11.8 Å². The smallest absolute Gasteiger partial charge is 0.242 e. The van der Waals surface area contributed by atoms with Crippen LogP contribution in [0.5, 0.6) is 0 Å². The van der Waals surface area contributed by atoms with Crippen LogP contribution in [0.25, 0.3) is 0 Å². The van der Waals surface area contributed by atoms with Gasteiger partial charge in [-0.3, -0.25) is 9.59 Å². The van der Waals surface area contributed by atoms with Crippen LogP contribution in [0, 0.1) is 0 Å². The molecule has 2 atom stereocenters. The number of nitrogens with one attached hydrogen (secondary N) is 3. The first-order chi connectivity index (χ1) is 9.93. The second-order valence-electron chi connectivity index (χ2n) is 4.84. The van der Waals surface area contributed by atoms with E-state index in [9.17, 15) is 9.59 Å². The highest BCUT2D eigenvalue weighted by atomic mass is 35.5. The summed E-state index contributed by atoms with van der Waals surface area (Å²) in [5, 5.41) is 9.09. The summed E-state index contributed by atoms with van der Waals surface area (Å²) < 4.78 is 0. The van der Waals surface area contributed by atoms with Crippen LogP contribution < -0.4 is 16.0 Å². The maximum atomic E-state index is 11.8. The Kier molecular flexibility index (Phi) is 7.19. The molecule has 1 aromatic carbocycles. The molecule has 0 aliphatic rings. The van der Waals surface area contributed by atoms with Crippen molar-refractivity contribution in [2.45, 2.75) is 32.9 Å². The van der Waals surface area contributed by atoms with Crippen molar-refractivity contribution in [3.05, 3.63) is 34.9 Å². The van der Waals surface area contributed by atoms with E-state index in [2.05, 4.69) is 16.0 Å². The Morgan fingerprint density at radius 3 is 2.38 bits per heavy atom. The average molecular weight is 312 g/mol. The molecule has 0 aromatic heterocycles. The Labute approximate surface area is 130 Å². The highest BCUT2D eigenvalue weighted by Crippen LogP contribution is 2.15. The minimum absolute atomic E-state index is 0.0211. The summed E-state index contributed by atoms with van der Waals surface area (Å²) >= 11 is 5.83. The quantitative estimate of drug-likeness (QED) is 0.717. The third-order valence-corrected chi connectivity index (χ3v) is 3.31. The van der Waals surface area contributed by atoms with E-state index in [1.54, 1.807) is 6.92 Å². The number of likely N-dealkylation sites (N-methyl/N-ethyl adjacent to an activating group) is 1. The van der Waals surface area contributed by atoms with Gasteiger partial charge in [-0.05, 0) is 38.5 Å². The first kappa shape index (κ1) is 17.5. The molecule has 116 valence electrons. The normalized spacial score (nSPS) is 13.3. The van der Waals surface area contributed by atoms with Crippen molar-refractivity contribution >= 4 is 23.4 Å². The predicted molar refractivity (Wildman–Crippen MR) is 84.2 cm³/mol. The molecule has 0 bridgehead atoms. The highest BCUT2D eigenvalue weighted by Gasteiger charge is 2.15. The minimum atomic E-state index is -0.537. The standard InChI is InChI=1S/C15H22ClN3O2/c1-4-17-15(21)11(3)19-14(20)9-18-10(2)12-5-7-13(16)8-6-12/h5-8,10-11,18H,4,9H2,1-3H3,(H,17,21)(H,19,20)/t10-,11+/m0/s1. The van der Waals surface area contributed by atoms with Gasteiger partial charge in [-0.25, -0.2) is 0 Å². The van der Waals surface area contributed by atoms with E-state index in [4.69, 9.17) is 11.6 Å². The number of benzene rings is 1. The van der Waals surface area contributed by atoms with Gasteiger partial charge in [0, 0.05) is 17.6 Å². The van der Waals surface area contributed by atoms with Crippen LogP contribution in [0.15, 0.2) is 24.3 Å². The Morgan fingerprint density at radius 1 is 1.19 bits per heavy atom. The van der Waals surface area contributed by atoms with Crippen LogP contribution in [0.2, 0.25) is 5.02 Å². The first-order valence-electron chi connectivity index (χ1n) is 7.00. The number of rotatable bonds is 7. The summed E-state index contributed by atoms with van der Waals surface area (Å²) in [6.07, 6.45) is 0. The van der Waals surface area contributed by atoms with Crippen molar-refractivity contribution in [1.29, 1.82) is 0 Å². The second-order valence-corrected chi connectivity index (χ2v) is 5.27. The molecule has 2 amide bonds. The molecule has 1 rings (SSSR count). The molecule has 5 nitrogen and oxygen atoms in total. The number of hydrogen-bond donors (Lipinski definition) is 3. The Morgan fingerprint density at radius 2 is 1.81 bits per heavy atom. The van der Waals surface area contributed by atoms with Gasteiger partial charge in [-0.1, -0.05) is 23.7 Å². The third kappa shape index (κ3) is 6.14. The molecule has 0 saturated carbocycles. The van der Waals surface area contributed by atoms with Crippen LogP contribution in [0.3, 0.4) is 0 Å². The van der Waals surface area contributed by atoms with Gasteiger partial charge in [-0.15, -0.1) is 0 Å². The van der Waals surface area contributed by atoms with Crippen molar-refractivity contribution in [3.63, 3.8) is 0 Å². The van der Waals surface area contributed by atoms with E-state index in [1.165, 1.54) is 0 Å². The van der Waals surface area contributed by atoms with E-state index in [-0.39, 0.29) is 24.4 Å². The third-order valence-electron chi connectivity index (χ3n) is 3.06. The van der Waals surface area contributed by atoms with Crippen LogP contribution in [0.4, 0.5) is 0 Å². The van der Waals surface area contributed by atoms with E-state index in [0.717, 1.165) is 5.56 Å². The monoisotopic (exact) mass is 311 g/mol. The van der Waals surface area contributed by atoms with Crippen molar-refractivity contribution in [1.82, 2.24) is 16.0 Å². The summed E-state index contributed by atoms with van der Waals surface area (Å²) in [6, 6.07) is 6.93. The zero-order valence-electron chi connectivity index (χ0n) is 12.6. The molecule has 1 aromatic rings. The van der Waals surface area contributed by atoms with E-state index in [0.29, 0.717) is 11.6 Å². The topological polar surface area (TPSA) is 70.2 Å². The van der Waals surface area contributed by atoms with Crippen LogP contribution >= 0.6 is 11.6 Å². The molecule has 21 heavy (non-hydrogen) atoms. The molecule has 0 aliphatic carbocycles. The highest BCUT2D eigenvalue weighted by molar-refractivity contribution is 6.30. The van der Waals surface area contributed by atoms with E-state index in [1.807, 2.05) is 38.1 Å². The Balaban J connectivity index is 2.38. The minimum Gasteiger partial charge on any atom is -0.355 e. The molecule has 0 heterocycles. The molecule has 0 aliphatic heterocycles. The molecule has 0 saturated heterocycles. The molecule has 0 spiro atoms. The Bertz CT molecular complexity index is 476. The van der Waals surface area contributed by atoms with Gasteiger partial charge in [0.1, 0.15) is 6.04 Å². The van der Waals surface area contributed by atoms with E-state index >= 15 is 0 Å². The lowest BCUT2D eigenvalue weighted by Crippen LogP contribution is -2.47. The summed E-state index contributed by atoms with van der Waals surface area (Å²) in [7, 11) is 0. The lowest BCUT2D eigenvalue weighted by atomic mass is 10.1. The van der Waals surface area contributed by atoms with Gasteiger partial charge in [0.05, 0.1) is 6.54 Å². The summed E-state index contributed by atoms with van der Waals surface area (Å²) in [4.78, 5) is 23.3. The number of carbonyl (C=O) groups is 2. The number of halogens is 1. The van der Waals surface area contributed by atoms with Gasteiger partial charge in [0.25, 0.3) is 0 Å². The van der Waals surface area contributed by atoms with E-state index < -0.39 is 6.04 Å². The predicted octanol–water partition coefficient (Wildman–Crippen LogP) is 1.63. The maximum absolute atomic E-state index is 11.8. The lowest BCUT2D eigenvalue weighted by molar-refractivity contribution is -0.128. The number of hydrogen-bond acceptors (Lipinski definition) is 3. The fourth-order valence-corrected chi connectivity index (χ4v) is 1.93. The zero-order chi connectivity index (χ0) is 15.8. The molecule has 0 radical (unpaired) electrons. The second kappa shape index (κ2) is 8.64. The largest absolute Gasteiger partial charge is 0.355 e. The fourth-order valence-electron chi connectivity index (χ4n) is 1.80. The average Bonchev–Trinajstić information content (AvgIpc) is 2.45. The zero-order valence-corrected chi connectivity index (χ0v) is 13.3. The summed E-state index contributed by atoms with van der Waals surface area (Å²) in [6.45, 7) is 6.15. The Hall–Kier alpha value is -1.59. The van der Waals surface area contributed by atoms with Crippen molar-refractivity contribution in [3.8, 4) is 0 Å². The van der Waals surface area contributed by atoms with Gasteiger partial charge in [-0.2, -0.15) is 0 Å². The molecule has 0 fully saturated rings.